The Morgan fingerprint density at radius 1 is 0.690 bits per heavy atom. The zero-order chi connectivity index (χ0) is 30.1. The van der Waals surface area contributed by atoms with Crippen molar-refractivity contribution in [2.75, 3.05) is 0 Å². The number of aryl methyl sites for hydroxylation is 2. The number of benzene rings is 4. The molecule has 0 unspecified atom stereocenters. The van der Waals surface area contributed by atoms with Crippen LogP contribution < -0.4 is 0 Å². The summed E-state index contributed by atoms with van der Waals surface area (Å²) in [5.74, 6) is 1.34. The van der Waals surface area contributed by atoms with Gasteiger partial charge in [0.05, 0.1) is 0 Å². The van der Waals surface area contributed by atoms with Crippen LogP contribution in [0.5, 0.6) is 0 Å². The molecule has 0 atom stereocenters. The predicted molar refractivity (Wildman–Crippen MR) is 181 cm³/mol. The van der Waals surface area contributed by atoms with Gasteiger partial charge in [-0.05, 0) is 18.8 Å². The van der Waals surface area contributed by atoms with Crippen molar-refractivity contribution in [2.45, 2.75) is 60.8 Å². The molecular formula is C41H44Zr. The first-order valence-electron chi connectivity index (χ1n) is 15.4. The third kappa shape index (κ3) is 8.29. The second-order valence-electron chi connectivity index (χ2n) is 11.6. The second-order valence-corrected chi connectivity index (χ2v) is 12.9. The van der Waals surface area contributed by atoms with Crippen molar-refractivity contribution >= 4 is 24.8 Å². The van der Waals surface area contributed by atoms with E-state index in [4.69, 9.17) is 0 Å². The number of rotatable bonds is 6. The van der Waals surface area contributed by atoms with Gasteiger partial charge in [-0.1, -0.05) is 82.9 Å². The topological polar surface area (TPSA) is 0 Å². The van der Waals surface area contributed by atoms with Gasteiger partial charge in [0.15, 0.2) is 0 Å². The Morgan fingerprint density at radius 3 is 1.52 bits per heavy atom. The molecule has 0 aliphatic heterocycles. The van der Waals surface area contributed by atoms with Gasteiger partial charge in [-0.2, -0.15) is 5.57 Å². The van der Waals surface area contributed by atoms with Crippen molar-refractivity contribution in [3.8, 4) is 0 Å². The van der Waals surface area contributed by atoms with Crippen LogP contribution in [0.15, 0.2) is 120 Å². The van der Waals surface area contributed by atoms with E-state index in [1.54, 1.807) is 0 Å². The maximum absolute atomic E-state index is 3.41. The molecule has 0 heterocycles. The van der Waals surface area contributed by atoms with E-state index in [-0.39, 0.29) is 0 Å². The van der Waals surface area contributed by atoms with Crippen LogP contribution in [0.25, 0.3) is 21.5 Å². The summed E-state index contributed by atoms with van der Waals surface area (Å²) in [4.78, 5) is 0. The van der Waals surface area contributed by atoms with Gasteiger partial charge in [0.25, 0.3) is 0 Å². The van der Waals surface area contributed by atoms with E-state index < -0.39 is 0 Å². The third-order valence-electron chi connectivity index (χ3n) is 7.98. The molecule has 0 nitrogen and oxygen atoms in total. The molecule has 5 aromatic carbocycles. The molecule has 0 saturated heterocycles. The molecule has 0 bridgehead atoms. The summed E-state index contributed by atoms with van der Waals surface area (Å²) in [5, 5.41) is 5.54. The minimum absolute atomic E-state index is 0.645. The fourth-order valence-corrected chi connectivity index (χ4v) is 6.00. The van der Waals surface area contributed by atoms with Crippen LogP contribution in [-0.4, -0.2) is 3.21 Å². The molecule has 0 N–H and O–H groups in total. The average molecular weight is 628 g/mol. The van der Waals surface area contributed by atoms with Gasteiger partial charge < -0.3 is 0 Å². The molecule has 0 spiro atoms. The zero-order valence-electron chi connectivity index (χ0n) is 26.2. The SMILES string of the molecule is CC(C)C1=[C-]CC(C(C)C)=C1.CCc1ccc2c(c1)[cH-]c1cc(CC)ccc12.[Zr+2]=[C](c1ccccc1)c1ccccc1. The maximum atomic E-state index is 3.41. The summed E-state index contributed by atoms with van der Waals surface area (Å²) in [5.41, 5.74) is 8.43. The Bertz CT molecular complexity index is 1560. The van der Waals surface area contributed by atoms with Crippen molar-refractivity contribution in [3.05, 3.63) is 149 Å². The number of fused-ring (bicyclic) bond motifs is 3. The minimum atomic E-state index is 0.645. The molecule has 0 radical (unpaired) electrons. The molecule has 1 aliphatic carbocycles. The fraction of sp³-hybridized carbons (Fsp3) is 0.268. The van der Waals surface area contributed by atoms with E-state index in [2.05, 4.69) is 157 Å². The number of allylic oxidation sites excluding steroid dienone is 4. The molecule has 42 heavy (non-hydrogen) atoms. The van der Waals surface area contributed by atoms with Gasteiger partial charge in [-0.25, -0.2) is 11.6 Å². The van der Waals surface area contributed by atoms with Crippen LogP contribution in [0, 0.1) is 17.9 Å². The molecule has 5 aromatic rings. The summed E-state index contributed by atoms with van der Waals surface area (Å²) < 4.78 is 1.42. The van der Waals surface area contributed by atoms with Crippen LogP contribution in [0.1, 0.15) is 70.2 Å². The Morgan fingerprint density at radius 2 is 1.17 bits per heavy atom. The van der Waals surface area contributed by atoms with Crippen molar-refractivity contribution in [1.82, 2.24) is 0 Å². The molecule has 0 saturated carbocycles. The molecule has 0 aromatic heterocycles. The zero-order valence-corrected chi connectivity index (χ0v) is 28.6. The molecule has 0 amide bonds. The second kappa shape index (κ2) is 15.5. The normalized spacial score (nSPS) is 12.5. The van der Waals surface area contributed by atoms with Gasteiger partial charge >= 0.3 is 99.2 Å². The quantitative estimate of drug-likeness (QED) is 0.164. The Hall–Kier alpha value is -3.02. The first-order valence-corrected chi connectivity index (χ1v) is 16.6. The van der Waals surface area contributed by atoms with Gasteiger partial charge in [-0.3, -0.25) is 6.08 Å². The van der Waals surface area contributed by atoms with E-state index in [1.165, 1.54) is 82.4 Å². The van der Waals surface area contributed by atoms with Gasteiger partial charge in [0, 0.05) is 0 Å². The molecule has 212 valence electrons. The van der Waals surface area contributed by atoms with Gasteiger partial charge in [0.2, 0.25) is 0 Å². The van der Waals surface area contributed by atoms with Gasteiger partial charge in [0.1, 0.15) is 0 Å². The Labute approximate surface area is 268 Å². The standard InChI is InChI=1S/C17H17.C13H10.C11H17.Zr/c1-3-12-5-7-16-14(9-12)11-15-10-13(4-2)6-8-17(15)16;1-3-7-12(8-4-1)11-13-9-5-2-6-10-13;1-8(2)10-5-6-11(7-10)9(3)4;/h5-11H,3-4H2,1-2H3;1-10H;7-9H,5H2,1-4H3;/q-1;;-1;+2. The first-order chi connectivity index (χ1) is 20.3. The van der Waals surface area contributed by atoms with Crippen LogP contribution in [-0.2, 0) is 37.1 Å². The predicted octanol–water partition coefficient (Wildman–Crippen LogP) is 11.0. The van der Waals surface area contributed by atoms with Crippen molar-refractivity contribution in [3.63, 3.8) is 0 Å². The van der Waals surface area contributed by atoms with E-state index in [1.807, 2.05) is 0 Å². The van der Waals surface area contributed by atoms with Crippen LogP contribution in [0.2, 0.25) is 0 Å². The third-order valence-corrected chi connectivity index (χ3v) is 9.39. The van der Waals surface area contributed by atoms with Crippen molar-refractivity contribution < 1.29 is 24.2 Å². The van der Waals surface area contributed by atoms with Crippen LogP contribution >= 0.6 is 0 Å². The van der Waals surface area contributed by atoms with Crippen LogP contribution in [0.4, 0.5) is 0 Å². The summed E-state index contributed by atoms with van der Waals surface area (Å²) in [7, 11) is 0. The first kappa shape index (κ1) is 31.9. The summed E-state index contributed by atoms with van der Waals surface area (Å²) in [6.07, 6.45) is 9.00. The summed E-state index contributed by atoms with van der Waals surface area (Å²) in [6, 6.07) is 37.1. The molecule has 6 rings (SSSR count). The summed E-state index contributed by atoms with van der Waals surface area (Å²) >= 11 is 1.46. The Balaban J connectivity index is 0.000000149. The molecule has 1 aliphatic rings. The van der Waals surface area contributed by atoms with E-state index in [9.17, 15) is 0 Å². The van der Waals surface area contributed by atoms with Crippen molar-refractivity contribution in [2.24, 2.45) is 11.8 Å². The fourth-order valence-electron chi connectivity index (χ4n) is 5.18. The van der Waals surface area contributed by atoms with E-state index >= 15 is 0 Å². The van der Waals surface area contributed by atoms with E-state index in [0.29, 0.717) is 11.8 Å². The average Bonchev–Trinajstić information content (AvgIpc) is 3.67. The molecule has 0 fully saturated rings. The monoisotopic (exact) mass is 626 g/mol. The number of hydrogen-bond donors (Lipinski definition) is 0. The summed E-state index contributed by atoms with van der Waals surface area (Å²) in [6.45, 7) is 13.4. The van der Waals surface area contributed by atoms with E-state index in [0.717, 1.165) is 19.3 Å². The molecular weight excluding hydrogens is 584 g/mol. The van der Waals surface area contributed by atoms with Crippen LogP contribution in [0.3, 0.4) is 0 Å². The van der Waals surface area contributed by atoms with Crippen molar-refractivity contribution in [1.29, 1.82) is 0 Å². The molecule has 1 heteroatoms. The Kier molecular flexibility index (Phi) is 11.7. The number of hydrogen-bond acceptors (Lipinski definition) is 0. The van der Waals surface area contributed by atoms with Gasteiger partial charge in [-0.15, -0.1) is 46.2 Å².